The fourth-order valence-corrected chi connectivity index (χ4v) is 0.764. The minimum Gasteiger partial charge on any atom is -0.480 e. The van der Waals surface area contributed by atoms with Crippen LogP contribution in [0.4, 0.5) is 0 Å². The summed E-state index contributed by atoms with van der Waals surface area (Å²) in [5.74, 6) is -1.28. The molecule has 12 heavy (non-hydrogen) atoms. The second-order valence-corrected chi connectivity index (χ2v) is 3.12. The van der Waals surface area contributed by atoms with Crippen molar-refractivity contribution in [1.29, 1.82) is 0 Å². The Balaban J connectivity index is 4.29. The van der Waals surface area contributed by atoms with Gasteiger partial charge in [0, 0.05) is 13.0 Å². The van der Waals surface area contributed by atoms with Gasteiger partial charge in [-0.25, -0.2) is 4.79 Å². The van der Waals surface area contributed by atoms with Gasteiger partial charge in [-0.15, -0.1) is 0 Å². The van der Waals surface area contributed by atoms with E-state index in [4.69, 9.17) is 5.11 Å². The summed E-state index contributed by atoms with van der Waals surface area (Å²) < 4.78 is 0. The molecule has 0 aromatic carbocycles. The Kier molecular flexibility index (Phi) is 3.73. The molecule has 0 saturated carbocycles. The first-order chi connectivity index (χ1) is 5.37. The lowest BCUT2D eigenvalue weighted by molar-refractivity contribution is -0.149. The number of carbonyl (C=O) groups excluding carboxylic acids is 1. The highest BCUT2D eigenvalue weighted by Crippen LogP contribution is 2.03. The van der Waals surface area contributed by atoms with E-state index in [0.29, 0.717) is 0 Å². The van der Waals surface area contributed by atoms with Crippen LogP contribution in [0.25, 0.3) is 0 Å². The number of carboxylic acid groups (broad SMARTS) is 1. The number of likely N-dealkylation sites (N-methyl/N-ethyl adjacent to an activating group) is 1. The van der Waals surface area contributed by atoms with E-state index in [2.05, 4.69) is 0 Å². The van der Waals surface area contributed by atoms with Crippen molar-refractivity contribution >= 4 is 11.9 Å². The molecule has 0 heterocycles. The predicted molar refractivity (Wildman–Crippen MR) is 44.7 cm³/mol. The maximum absolute atomic E-state index is 11.3. The van der Waals surface area contributed by atoms with Crippen molar-refractivity contribution in [1.82, 2.24) is 4.90 Å². The van der Waals surface area contributed by atoms with Gasteiger partial charge in [0.25, 0.3) is 0 Å². The lowest BCUT2D eigenvalue weighted by Crippen LogP contribution is -2.42. The van der Waals surface area contributed by atoms with Crippen LogP contribution in [-0.2, 0) is 9.59 Å². The summed E-state index contributed by atoms with van der Waals surface area (Å²) in [6, 6.07) is -0.750. The number of rotatable bonds is 3. The van der Waals surface area contributed by atoms with Gasteiger partial charge in [0.1, 0.15) is 6.04 Å². The van der Waals surface area contributed by atoms with Crippen molar-refractivity contribution in [2.24, 2.45) is 5.92 Å². The van der Waals surface area contributed by atoms with Crippen LogP contribution in [0, 0.1) is 5.92 Å². The molecule has 0 radical (unpaired) electrons. The van der Waals surface area contributed by atoms with Gasteiger partial charge in [-0.3, -0.25) is 4.79 Å². The first-order valence-electron chi connectivity index (χ1n) is 3.87. The summed E-state index contributed by atoms with van der Waals surface area (Å²) in [6.45, 7) is 4.98. The van der Waals surface area contributed by atoms with Crippen molar-refractivity contribution in [3.05, 3.63) is 0 Å². The Morgan fingerprint density at radius 1 is 1.25 bits per heavy atom. The molecule has 0 aromatic rings. The van der Waals surface area contributed by atoms with Gasteiger partial charge in [0.05, 0.1) is 0 Å². The standard InChI is InChI=1S/C8H15NO3/c1-5(2)7(10)9(4)6(3)8(11)12/h5-6H,1-4H3,(H,11,12)/t6-/m0/s1. The first kappa shape index (κ1) is 10.9. The molecule has 0 rings (SSSR count). The van der Waals surface area contributed by atoms with E-state index < -0.39 is 12.0 Å². The van der Waals surface area contributed by atoms with Gasteiger partial charge in [-0.05, 0) is 6.92 Å². The Labute approximate surface area is 72.2 Å². The van der Waals surface area contributed by atoms with Crippen LogP contribution in [0.1, 0.15) is 20.8 Å². The van der Waals surface area contributed by atoms with Gasteiger partial charge in [0.2, 0.25) is 5.91 Å². The number of aliphatic carboxylic acids is 1. The van der Waals surface area contributed by atoms with Crippen LogP contribution in [-0.4, -0.2) is 35.0 Å². The van der Waals surface area contributed by atoms with E-state index >= 15 is 0 Å². The number of hydrogen-bond acceptors (Lipinski definition) is 2. The summed E-state index contributed by atoms with van der Waals surface area (Å²) in [6.07, 6.45) is 0. The van der Waals surface area contributed by atoms with Crippen molar-refractivity contribution in [3.8, 4) is 0 Å². The molecule has 0 fully saturated rings. The lowest BCUT2D eigenvalue weighted by Gasteiger charge is -2.23. The van der Waals surface area contributed by atoms with E-state index in [1.807, 2.05) is 0 Å². The molecular formula is C8H15NO3. The highest BCUT2D eigenvalue weighted by molar-refractivity contribution is 5.84. The number of nitrogens with zero attached hydrogens (tertiary/aromatic N) is 1. The van der Waals surface area contributed by atoms with Crippen molar-refractivity contribution in [3.63, 3.8) is 0 Å². The topological polar surface area (TPSA) is 57.6 Å². The Bertz CT molecular complexity index is 189. The predicted octanol–water partition coefficient (Wildman–Crippen LogP) is 0.574. The summed E-state index contributed by atoms with van der Waals surface area (Å²) in [7, 11) is 1.50. The molecule has 0 bridgehead atoms. The van der Waals surface area contributed by atoms with Crippen LogP contribution < -0.4 is 0 Å². The zero-order valence-corrected chi connectivity index (χ0v) is 7.87. The van der Waals surface area contributed by atoms with Crippen molar-refractivity contribution in [2.45, 2.75) is 26.8 Å². The van der Waals surface area contributed by atoms with E-state index in [1.54, 1.807) is 13.8 Å². The molecule has 0 saturated heterocycles. The van der Waals surface area contributed by atoms with Gasteiger partial charge in [-0.2, -0.15) is 0 Å². The van der Waals surface area contributed by atoms with E-state index in [9.17, 15) is 9.59 Å². The van der Waals surface area contributed by atoms with Crippen LogP contribution in [0.3, 0.4) is 0 Å². The fourth-order valence-electron chi connectivity index (χ4n) is 0.764. The highest BCUT2D eigenvalue weighted by atomic mass is 16.4. The molecule has 4 nitrogen and oxygen atoms in total. The average molecular weight is 173 g/mol. The quantitative estimate of drug-likeness (QED) is 0.679. The molecule has 0 aliphatic carbocycles. The molecule has 1 amide bonds. The Morgan fingerprint density at radius 2 is 1.67 bits per heavy atom. The molecule has 4 heteroatoms. The number of amides is 1. The van der Waals surface area contributed by atoms with Crippen LogP contribution >= 0.6 is 0 Å². The average Bonchev–Trinajstić information content (AvgIpc) is 2.00. The molecule has 1 atom stereocenters. The Morgan fingerprint density at radius 3 is 1.92 bits per heavy atom. The third-order valence-electron chi connectivity index (χ3n) is 1.78. The van der Waals surface area contributed by atoms with Crippen LogP contribution in [0.2, 0.25) is 0 Å². The molecule has 0 aromatic heterocycles. The van der Waals surface area contributed by atoms with Gasteiger partial charge in [-0.1, -0.05) is 13.8 Å². The number of carbonyl (C=O) groups is 2. The van der Waals surface area contributed by atoms with Crippen molar-refractivity contribution in [2.75, 3.05) is 7.05 Å². The second-order valence-electron chi connectivity index (χ2n) is 3.12. The monoisotopic (exact) mass is 173 g/mol. The lowest BCUT2D eigenvalue weighted by atomic mass is 10.1. The summed E-state index contributed by atoms with van der Waals surface area (Å²) in [4.78, 5) is 23.0. The normalized spacial score (nSPS) is 12.8. The molecule has 0 aliphatic rings. The summed E-state index contributed by atoms with van der Waals surface area (Å²) in [5, 5.41) is 8.59. The summed E-state index contributed by atoms with van der Waals surface area (Å²) >= 11 is 0. The molecule has 0 unspecified atom stereocenters. The minimum absolute atomic E-state index is 0.148. The number of hydrogen-bond donors (Lipinski definition) is 1. The SMILES string of the molecule is CC(C)C(=O)N(C)[C@@H](C)C(=O)O. The first-order valence-corrected chi connectivity index (χ1v) is 3.87. The largest absolute Gasteiger partial charge is 0.480 e. The van der Waals surface area contributed by atoms with Gasteiger partial charge >= 0.3 is 5.97 Å². The maximum Gasteiger partial charge on any atom is 0.326 e. The molecule has 0 aliphatic heterocycles. The van der Waals surface area contributed by atoms with Crippen LogP contribution in [0.15, 0.2) is 0 Å². The molecule has 0 spiro atoms. The minimum atomic E-state index is -0.980. The third-order valence-corrected chi connectivity index (χ3v) is 1.78. The highest BCUT2D eigenvalue weighted by Gasteiger charge is 2.22. The zero-order valence-electron chi connectivity index (χ0n) is 7.87. The Hall–Kier alpha value is -1.06. The zero-order chi connectivity index (χ0) is 9.89. The maximum atomic E-state index is 11.3. The fraction of sp³-hybridized carbons (Fsp3) is 0.750. The number of carboxylic acids is 1. The molecule has 70 valence electrons. The second kappa shape index (κ2) is 4.09. The summed E-state index contributed by atoms with van der Waals surface area (Å²) in [5.41, 5.74) is 0. The van der Waals surface area contributed by atoms with E-state index in [-0.39, 0.29) is 11.8 Å². The molecular weight excluding hydrogens is 158 g/mol. The van der Waals surface area contributed by atoms with E-state index in [0.717, 1.165) is 0 Å². The van der Waals surface area contributed by atoms with Crippen LogP contribution in [0.5, 0.6) is 0 Å². The molecule has 1 N–H and O–H groups in total. The van der Waals surface area contributed by atoms with Gasteiger partial charge < -0.3 is 10.0 Å². The van der Waals surface area contributed by atoms with Gasteiger partial charge in [0.15, 0.2) is 0 Å². The van der Waals surface area contributed by atoms with E-state index in [1.165, 1.54) is 18.9 Å². The third kappa shape index (κ3) is 2.53. The van der Waals surface area contributed by atoms with Crippen molar-refractivity contribution < 1.29 is 14.7 Å². The smallest absolute Gasteiger partial charge is 0.326 e.